The van der Waals surface area contributed by atoms with E-state index in [0.29, 0.717) is 0 Å². The molecule has 2 rings (SSSR count). The van der Waals surface area contributed by atoms with Gasteiger partial charge in [-0.3, -0.25) is 4.68 Å². The lowest BCUT2D eigenvalue weighted by molar-refractivity contribution is 0.283. The Labute approximate surface area is 106 Å². The molecule has 0 amide bonds. The van der Waals surface area contributed by atoms with Crippen molar-refractivity contribution in [2.45, 2.75) is 19.3 Å². The summed E-state index contributed by atoms with van der Waals surface area (Å²) < 4.78 is 1.75. The van der Waals surface area contributed by atoms with Crippen LogP contribution in [0.25, 0.3) is 11.0 Å². The van der Waals surface area contributed by atoms with Crippen LogP contribution in [0.4, 0.5) is 5.82 Å². The number of hydrogen-bond acceptors (Lipinski definition) is 5. The van der Waals surface area contributed by atoms with Crippen molar-refractivity contribution in [2.75, 3.05) is 25.1 Å². The van der Waals surface area contributed by atoms with Gasteiger partial charge < -0.3 is 10.0 Å². The molecule has 98 valence electrons. The van der Waals surface area contributed by atoms with Crippen LogP contribution in [0.2, 0.25) is 0 Å². The van der Waals surface area contributed by atoms with Gasteiger partial charge in [-0.05, 0) is 19.3 Å². The molecule has 0 saturated heterocycles. The van der Waals surface area contributed by atoms with Gasteiger partial charge in [0, 0.05) is 27.2 Å². The van der Waals surface area contributed by atoms with Gasteiger partial charge in [0.2, 0.25) is 0 Å². The average molecular weight is 249 g/mol. The number of aliphatic hydroxyl groups is 1. The normalized spacial score (nSPS) is 11.1. The molecule has 2 heterocycles. The average Bonchev–Trinajstić information content (AvgIpc) is 2.76. The van der Waals surface area contributed by atoms with Crippen molar-refractivity contribution in [1.82, 2.24) is 19.7 Å². The Morgan fingerprint density at radius 3 is 2.89 bits per heavy atom. The number of aromatic nitrogens is 4. The standard InChI is InChI=1S/C12H19N5O/c1-16(6-4-3-5-7-18)11-10-8-15-17(2)12(10)14-9-13-11/h8-9,18H,3-7H2,1-2H3. The Morgan fingerprint density at radius 1 is 1.28 bits per heavy atom. The van der Waals surface area contributed by atoms with E-state index in [1.807, 2.05) is 14.1 Å². The second-order valence-electron chi connectivity index (χ2n) is 4.41. The summed E-state index contributed by atoms with van der Waals surface area (Å²) in [5.74, 6) is 0.914. The smallest absolute Gasteiger partial charge is 0.163 e. The van der Waals surface area contributed by atoms with Crippen LogP contribution in [0.3, 0.4) is 0 Å². The minimum absolute atomic E-state index is 0.268. The van der Waals surface area contributed by atoms with Crippen LogP contribution in [0, 0.1) is 0 Å². The fraction of sp³-hybridized carbons (Fsp3) is 0.583. The Kier molecular flexibility index (Phi) is 4.09. The first-order valence-corrected chi connectivity index (χ1v) is 6.18. The van der Waals surface area contributed by atoms with Gasteiger partial charge in [-0.15, -0.1) is 0 Å². The summed E-state index contributed by atoms with van der Waals surface area (Å²) in [6, 6.07) is 0. The molecule has 0 saturated carbocycles. The summed E-state index contributed by atoms with van der Waals surface area (Å²) >= 11 is 0. The Hall–Kier alpha value is -1.69. The first kappa shape index (κ1) is 12.8. The monoisotopic (exact) mass is 249 g/mol. The lowest BCUT2D eigenvalue weighted by Gasteiger charge is -2.18. The Bertz CT molecular complexity index is 510. The maximum absolute atomic E-state index is 8.75. The molecule has 1 N–H and O–H groups in total. The van der Waals surface area contributed by atoms with Crippen LogP contribution in [-0.4, -0.2) is 45.1 Å². The number of aliphatic hydroxyl groups excluding tert-OH is 1. The summed E-state index contributed by atoms with van der Waals surface area (Å²) in [6.45, 7) is 1.19. The first-order valence-electron chi connectivity index (χ1n) is 6.18. The van der Waals surface area contributed by atoms with Gasteiger partial charge in [0.1, 0.15) is 12.1 Å². The number of fused-ring (bicyclic) bond motifs is 1. The van der Waals surface area contributed by atoms with Gasteiger partial charge >= 0.3 is 0 Å². The summed E-state index contributed by atoms with van der Waals surface area (Å²) in [7, 11) is 3.90. The second-order valence-corrected chi connectivity index (χ2v) is 4.41. The van der Waals surface area contributed by atoms with Crippen molar-refractivity contribution in [1.29, 1.82) is 0 Å². The van der Waals surface area contributed by atoms with Crippen molar-refractivity contribution in [3.05, 3.63) is 12.5 Å². The zero-order valence-corrected chi connectivity index (χ0v) is 10.9. The van der Waals surface area contributed by atoms with Gasteiger partial charge in [-0.2, -0.15) is 5.10 Å². The minimum atomic E-state index is 0.268. The molecule has 2 aromatic heterocycles. The summed E-state index contributed by atoms with van der Waals surface area (Å²) in [4.78, 5) is 10.7. The topological polar surface area (TPSA) is 67.1 Å². The van der Waals surface area contributed by atoms with Gasteiger partial charge in [0.25, 0.3) is 0 Å². The SMILES string of the molecule is CN(CCCCCO)c1ncnc2c1cnn2C. The predicted molar refractivity (Wildman–Crippen MR) is 70.5 cm³/mol. The number of hydrogen-bond donors (Lipinski definition) is 1. The van der Waals surface area contributed by atoms with E-state index < -0.39 is 0 Å². The third kappa shape index (κ3) is 2.59. The molecular weight excluding hydrogens is 230 g/mol. The number of aryl methyl sites for hydroxylation is 1. The highest BCUT2D eigenvalue weighted by molar-refractivity contribution is 5.86. The molecule has 0 aliphatic carbocycles. The predicted octanol–water partition coefficient (Wildman–Crippen LogP) is 0.962. The van der Waals surface area contributed by atoms with E-state index in [1.165, 1.54) is 0 Å². The quantitative estimate of drug-likeness (QED) is 0.772. The Morgan fingerprint density at radius 2 is 2.11 bits per heavy atom. The van der Waals surface area contributed by atoms with Crippen LogP contribution < -0.4 is 4.90 Å². The van der Waals surface area contributed by atoms with Crippen molar-refractivity contribution in [2.24, 2.45) is 7.05 Å². The van der Waals surface area contributed by atoms with Crippen molar-refractivity contribution in [3.63, 3.8) is 0 Å². The second kappa shape index (κ2) is 5.77. The summed E-state index contributed by atoms with van der Waals surface area (Å²) in [5.41, 5.74) is 0.849. The van der Waals surface area contributed by atoms with Crippen LogP contribution in [-0.2, 0) is 7.05 Å². The maximum Gasteiger partial charge on any atom is 0.163 e. The largest absolute Gasteiger partial charge is 0.396 e. The van der Waals surface area contributed by atoms with Crippen LogP contribution >= 0.6 is 0 Å². The highest BCUT2D eigenvalue weighted by atomic mass is 16.2. The molecule has 0 aliphatic heterocycles. The highest BCUT2D eigenvalue weighted by Crippen LogP contribution is 2.21. The lowest BCUT2D eigenvalue weighted by atomic mass is 10.2. The van der Waals surface area contributed by atoms with Gasteiger partial charge in [-0.1, -0.05) is 0 Å². The Balaban J connectivity index is 2.10. The van der Waals surface area contributed by atoms with E-state index in [9.17, 15) is 0 Å². The first-order chi connectivity index (χ1) is 8.74. The molecule has 6 heteroatoms. The molecule has 0 aliphatic rings. The third-order valence-electron chi connectivity index (χ3n) is 3.02. The van der Waals surface area contributed by atoms with E-state index in [1.54, 1.807) is 17.2 Å². The van der Waals surface area contributed by atoms with E-state index in [2.05, 4.69) is 20.0 Å². The van der Waals surface area contributed by atoms with E-state index >= 15 is 0 Å². The molecule has 0 aromatic carbocycles. The summed E-state index contributed by atoms with van der Waals surface area (Å²) in [6.07, 6.45) is 6.31. The minimum Gasteiger partial charge on any atom is -0.396 e. The molecule has 0 unspecified atom stereocenters. The number of nitrogens with zero attached hydrogens (tertiary/aromatic N) is 5. The maximum atomic E-state index is 8.75. The molecular formula is C12H19N5O. The number of anilines is 1. The van der Waals surface area contributed by atoms with Crippen molar-refractivity contribution >= 4 is 16.9 Å². The van der Waals surface area contributed by atoms with Crippen molar-refractivity contribution < 1.29 is 5.11 Å². The zero-order valence-electron chi connectivity index (χ0n) is 10.9. The van der Waals surface area contributed by atoms with Crippen molar-refractivity contribution in [3.8, 4) is 0 Å². The molecule has 0 bridgehead atoms. The van der Waals surface area contributed by atoms with Crippen LogP contribution in [0.1, 0.15) is 19.3 Å². The molecule has 6 nitrogen and oxygen atoms in total. The zero-order chi connectivity index (χ0) is 13.0. The van der Waals surface area contributed by atoms with Crippen LogP contribution in [0.5, 0.6) is 0 Å². The fourth-order valence-corrected chi connectivity index (χ4v) is 2.00. The van der Waals surface area contributed by atoms with E-state index in [0.717, 1.165) is 42.7 Å². The third-order valence-corrected chi connectivity index (χ3v) is 3.02. The number of rotatable bonds is 6. The van der Waals surface area contributed by atoms with Gasteiger partial charge in [-0.25, -0.2) is 9.97 Å². The highest BCUT2D eigenvalue weighted by Gasteiger charge is 2.11. The molecule has 0 fully saturated rings. The molecule has 0 spiro atoms. The van der Waals surface area contributed by atoms with E-state index in [-0.39, 0.29) is 6.61 Å². The molecule has 0 atom stereocenters. The van der Waals surface area contributed by atoms with Crippen LogP contribution in [0.15, 0.2) is 12.5 Å². The lowest BCUT2D eigenvalue weighted by Crippen LogP contribution is -2.20. The molecule has 2 aromatic rings. The number of unbranched alkanes of at least 4 members (excludes halogenated alkanes) is 2. The van der Waals surface area contributed by atoms with Gasteiger partial charge in [0.15, 0.2) is 5.65 Å². The molecule has 18 heavy (non-hydrogen) atoms. The summed E-state index contributed by atoms with van der Waals surface area (Å²) in [5, 5.41) is 13.9. The fourth-order valence-electron chi connectivity index (χ4n) is 2.00. The van der Waals surface area contributed by atoms with E-state index in [4.69, 9.17) is 5.11 Å². The van der Waals surface area contributed by atoms with Gasteiger partial charge in [0.05, 0.1) is 11.6 Å². The molecule has 0 radical (unpaired) electrons.